The first-order valence-electron chi connectivity index (χ1n) is 23.1. The van der Waals surface area contributed by atoms with E-state index in [-0.39, 0.29) is 22.7 Å². The molecular formula is C46H66F6N6O6S2. The van der Waals surface area contributed by atoms with Gasteiger partial charge in [-0.25, -0.2) is 0 Å². The minimum absolute atomic E-state index is 0.0708. The minimum atomic E-state index is -5.67. The van der Waals surface area contributed by atoms with Gasteiger partial charge >= 0.3 is 17.8 Å². The number of amides is 6. The fourth-order valence-corrected chi connectivity index (χ4v) is 11.8. The second-order valence-corrected chi connectivity index (χ2v) is 20.3. The van der Waals surface area contributed by atoms with Gasteiger partial charge in [0.2, 0.25) is 35.4 Å². The molecule has 0 unspecified atom stereocenters. The van der Waals surface area contributed by atoms with E-state index in [4.69, 9.17) is 5.73 Å². The summed E-state index contributed by atoms with van der Waals surface area (Å²) in [6, 6.07) is -2.20. The molecule has 370 valence electrons. The molecule has 0 saturated heterocycles. The van der Waals surface area contributed by atoms with Crippen LogP contribution in [-0.2, 0) is 28.8 Å². The summed E-state index contributed by atoms with van der Waals surface area (Å²) >= 11 is 1.61. The maximum absolute atomic E-state index is 15.7. The maximum Gasteiger partial charge on any atom is 0.380 e. The number of alkyl halides is 6. The summed E-state index contributed by atoms with van der Waals surface area (Å²) in [6.45, 7) is 6.54. The van der Waals surface area contributed by atoms with Crippen molar-refractivity contribution >= 4 is 59.0 Å². The first-order valence-corrected chi connectivity index (χ1v) is 24.7. The number of primary amides is 1. The number of unbranched alkanes of at least 4 members (excludes halogenated alkanes) is 13. The fourth-order valence-electron chi connectivity index (χ4n) is 8.65. The lowest BCUT2D eigenvalue weighted by atomic mass is 9.60. The quantitative estimate of drug-likeness (QED) is 0.0334. The lowest BCUT2D eigenvalue weighted by Gasteiger charge is -2.45. The highest BCUT2D eigenvalue weighted by Crippen LogP contribution is 2.77. The Morgan fingerprint density at radius 3 is 1.36 bits per heavy atom. The zero-order valence-electron chi connectivity index (χ0n) is 38.6. The highest BCUT2D eigenvalue weighted by Gasteiger charge is 2.84. The van der Waals surface area contributed by atoms with Crippen LogP contribution in [0.3, 0.4) is 0 Å². The molecule has 0 aromatic carbocycles. The second kappa shape index (κ2) is 23.4. The van der Waals surface area contributed by atoms with Gasteiger partial charge in [0, 0.05) is 38.2 Å². The molecule has 20 heteroatoms. The topological polar surface area (TPSA) is 189 Å². The molecule has 0 spiro atoms. The highest BCUT2D eigenvalue weighted by molar-refractivity contribution is 8.07. The fraction of sp³-hybridized carbons (Fsp3) is 0.696. The van der Waals surface area contributed by atoms with Gasteiger partial charge in [0.15, 0.2) is 0 Å². The Hall–Kier alpha value is -3.94. The van der Waals surface area contributed by atoms with E-state index in [0.717, 1.165) is 43.9 Å². The van der Waals surface area contributed by atoms with Crippen LogP contribution in [0, 0.1) is 10.8 Å². The number of rotatable bonds is 28. The van der Waals surface area contributed by atoms with Gasteiger partial charge in [-0.15, -0.1) is 0 Å². The standard InChI is InChI=1S/C46H66F6N6O6S2/c1-6-7-8-9-10-11-12-13-14-15-16-17-18-19-20-30-23-42(4)38(65-30)36-37(45(49,50)46(51,52)44(36,47)48)39-43(42,5)24-31(66-39)21-22-33(60)54-26-34(61)57-29(3)41(64)56-27-35(62)58-28(2)40(63)55-25-32(53)59/h23-24,28-29H,6-22,25-27H2,1-5H3,(H2,53,59)(H,54,60)(H,55,63)(H,56,64)(H,57,61)(H,58,62)/t28-,29-,42+,43+/m0/s1. The van der Waals surface area contributed by atoms with Crippen molar-refractivity contribution in [1.29, 1.82) is 0 Å². The molecule has 0 aromatic heterocycles. The van der Waals surface area contributed by atoms with Crippen LogP contribution in [0.4, 0.5) is 26.3 Å². The number of carbonyl (C=O) groups is 6. The van der Waals surface area contributed by atoms with Crippen molar-refractivity contribution in [3.05, 3.63) is 42.9 Å². The Morgan fingerprint density at radius 2 is 0.939 bits per heavy atom. The summed E-state index contributed by atoms with van der Waals surface area (Å²) in [5.41, 5.74) is -0.438. The van der Waals surface area contributed by atoms with Crippen LogP contribution in [0.25, 0.3) is 0 Å². The van der Waals surface area contributed by atoms with Crippen LogP contribution in [0.15, 0.2) is 42.9 Å². The summed E-state index contributed by atoms with van der Waals surface area (Å²) < 4.78 is 93.3. The van der Waals surface area contributed by atoms with E-state index in [9.17, 15) is 28.8 Å². The van der Waals surface area contributed by atoms with Crippen molar-refractivity contribution in [2.45, 2.75) is 174 Å². The Morgan fingerprint density at radius 1 is 0.561 bits per heavy atom. The van der Waals surface area contributed by atoms with Crippen LogP contribution >= 0.6 is 23.5 Å². The van der Waals surface area contributed by atoms with E-state index in [1.54, 1.807) is 26.0 Å². The van der Waals surface area contributed by atoms with E-state index in [0.29, 0.717) is 28.0 Å². The predicted molar refractivity (Wildman–Crippen MR) is 244 cm³/mol. The number of nitrogens with two attached hydrogens (primary N) is 1. The van der Waals surface area contributed by atoms with Gasteiger partial charge in [-0.2, -0.15) is 26.3 Å². The molecule has 0 radical (unpaired) electrons. The molecule has 1 fully saturated rings. The van der Waals surface area contributed by atoms with Gasteiger partial charge < -0.3 is 32.3 Å². The van der Waals surface area contributed by atoms with Crippen LogP contribution < -0.4 is 32.3 Å². The van der Waals surface area contributed by atoms with Gasteiger partial charge in [0.05, 0.1) is 19.6 Å². The molecule has 2 heterocycles. The van der Waals surface area contributed by atoms with Gasteiger partial charge in [0.1, 0.15) is 12.1 Å². The summed E-state index contributed by atoms with van der Waals surface area (Å²) in [5, 5.41) is 11.6. The third-order valence-electron chi connectivity index (χ3n) is 12.7. The van der Waals surface area contributed by atoms with Crippen molar-refractivity contribution in [3.63, 3.8) is 0 Å². The van der Waals surface area contributed by atoms with E-state index in [1.165, 1.54) is 71.6 Å². The molecule has 2 aliphatic heterocycles. The Balaban J connectivity index is 1.30. The Kier molecular flexibility index (Phi) is 19.4. The normalized spacial score (nSPS) is 22.9. The molecule has 6 amide bonds. The van der Waals surface area contributed by atoms with Gasteiger partial charge in [0.25, 0.3) is 0 Å². The van der Waals surface area contributed by atoms with E-state index in [1.807, 2.05) is 0 Å². The largest absolute Gasteiger partial charge is 0.380 e. The Bertz CT molecular complexity index is 1980. The molecular weight excluding hydrogens is 911 g/mol. The van der Waals surface area contributed by atoms with Crippen LogP contribution in [0.2, 0.25) is 0 Å². The second-order valence-electron chi connectivity index (χ2n) is 18.1. The summed E-state index contributed by atoms with van der Waals surface area (Å²) in [4.78, 5) is 73.3. The lowest BCUT2D eigenvalue weighted by Crippen LogP contribution is -2.52. The molecule has 0 aromatic rings. The van der Waals surface area contributed by atoms with E-state index < -0.39 is 107 Å². The number of hydrogen-bond donors (Lipinski definition) is 6. The zero-order chi connectivity index (χ0) is 49.1. The molecule has 4 aliphatic rings. The summed E-state index contributed by atoms with van der Waals surface area (Å²) in [5.74, 6) is -20.3. The van der Waals surface area contributed by atoms with Crippen LogP contribution in [0.1, 0.15) is 144 Å². The first-order chi connectivity index (χ1) is 30.9. The molecule has 4 rings (SSSR count). The first kappa shape index (κ1) is 54.7. The number of thioether (sulfide) groups is 2. The highest BCUT2D eigenvalue weighted by atomic mass is 32.2. The average molecular weight is 977 g/mol. The molecule has 66 heavy (non-hydrogen) atoms. The van der Waals surface area contributed by atoms with Gasteiger partial charge in [-0.1, -0.05) is 140 Å². The van der Waals surface area contributed by atoms with Crippen molar-refractivity contribution in [3.8, 4) is 0 Å². The molecule has 7 N–H and O–H groups in total. The number of fused-ring (bicyclic) bond motifs is 4. The molecule has 0 bridgehead atoms. The predicted octanol–water partition coefficient (Wildman–Crippen LogP) is 8.20. The third kappa shape index (κ3) is 12.6. The molecule has 2 aliphatic carbocycles. The third-order valence-corrected chi connectivity index (χ3v) is 15.6. The minimum Gasteiger partial charge on any atom is -0.368 e. The smallest absolute Gasteiger partial charge is 0.368 e. The molecule has 12 nitrogen and oxygen atoms in total. The average Bonchev–Trinajstić information content (AvgIpc) is 3.81. The maximum atomic E-state index is 15.7. The van der Waals surface area contributed by atoms with E-state index >= 15 is 26.3 Å². The molecule has 4 atom stereocenters. The number of hydrogen-bond acceptors (Lipinski definition) is 8. The molecule has 1 saturated carbocycles. The summed E-state index contributed by atoms with van der Waals surface area (Å²) in [6.07, 6.45) is 19.8. The van der Waals surface area contributed by atoms with Crippen molar-refractivity contribution in [1.82, 2.24) is 26.6 Å². The van der Waals surface area contributed by atoms with Crippen LogP contribution in [0.5, 0.6) is 0 Å². The van der Waals surface area contributed by atoms with Crippen molar-refractivity contribution in [2.24, 2.45) is 16.6 Å². The van der Waals surface area contributed by atoms with Gasteiger partial charge in [-0.3, -0.25) is 28.8 Å². The van der Waals surface area contributed by atoms with Crippen LogP contribution in [-0.4, -0.2) is 84.9 Å². The lowest BCUT2D eigenvalue weighted by molar-refractivity contribution is -0.258. The van der Waals surface area contributed by atoms with Crippen molar-refractivity contribution < 1.29 is 55.1 Å². The van der Waals surface area contributed by atoms with Crippen molar-refractivity contribution in [2.75, 3.05) is 19.6 Å². The number of halogens is 6. The monoisotopic (exact) mass is 976 g/mol. The zero-order valence-corrected chi connectivity index (χ0v) is 40.2. The SMILES string of the molecule is CCCCCCCCCCCCCCCCC1=C[C@]2(C)C(=C3C(=C4SC(CCC(=O)NCC(=O)N[C@@H](C)C(=O)NCC(=O)N[C@@H](C)C(=O)NCC(N)=O)=C[C@]42C)C(F)(F)C(F)(F)C3(F)F)S1. The van der Waals surface area contributed by atoms with E-state index in [2.05, 4.69) is 33.5 Å². The van der Waals surface area contributed by atoms with Gasteiger partial charge in [-0.05, 0) is 42.9 Å². The number of carbonyl (C=O) groups excluding carboxylic acids is 6. The number of allylic oxidation sites excluding steroid dienone is 8. The summed E-state index contributed by atoms with van der Waals surface area (Å²) in [7, 11) is 0. The Labute approximate surface area is 392 Å². The number of nitrogens with one attached hydrogen (secondary N) is 5.